The molecule has 4 unspecified atom stereocenters. The highest BCUT2D eigenvalue weighted by Gasteiger charge is 2.66. The molecule has 0 aromatic heterocycles. The van der Waals surface area contributed by atoms with Gasteiger partial charge in [0.05, 0.1) is 17.1 Å². The fourth-order valence-corrected chi connectivity index (χ4v) is 6.53. The van der Waals surface area contributed by atoms with Crippen molar-refractivity contribution in [3.63, 3.8) is 0 Å². The van der Waals surface area contributed by atoms with Crippen LogP contribution in [-0.4, -0.2) is 33.5 Å². The van der Waals surface area contributed by atoms with Crippen LogP contribution in [0.15, 0.2) is 24.3 Å². The number of hydrogen-bond donors (Lipinski definition) is 2. The molecule has 4 rings (SSSR count). The van der Waals surface area contributed by atoms with Gasteiger partial charge in [-0.05, 0) is 42.9 Å². The Kier molecular flexibility index (Phi) is 3.38. The number of fused-ring (bicyclic) bond motifs is 5. The zero-order valence-corrected chi connectivity index (χ0v) is 14.5. The Balaban J connectivity index is 1.78. The molecule has 0 aromatic carbocycles. The number of aliphatic hydroxyl groups excluding tert-OH is 2. The van der Waals surface area contributed by atoms with Gasteiger partial charge < -0.3 is 10.2 Å². The van der Waals surface area contributed by atoms with Gasteiger partial charge in [-0.25, -0.2) is 4.39 Å². The Morgan fingerprint density at radius 3 is 2.57 bits per heavy atom. The van der Waals surface area contributed by atoms with Gasteiger partial charge >= 0.3 is 0 Å². The summed E-state index contributed by atoms with van der Waals surface area (Å²) < 4.78 is 14.3. The molecular weight excluding hydrogens is 315 g/mol. The van der Waals surface area contributed by atoms with Crippen LogP contribution in [0.1, 0.15) is 39.5 Å². The lowest BCUT2D eigenvalue weighted by atomic mass is 9.48. The van der Waals surface area contributed by atoms with E-state index < -0.39 is 23.3 Å². The average Bonchev–Trinajstić information content (AvgIpc) is 2.73. The SMILES string of the molecule is C[C@]12C=CC(O)CC1C=C[C@H]1[C@@H]3CC(F)C(O)[C@@]3(C)CC[C@]12Cl. The normalized spacial score (nSPS) is 61.0. The summed E-state index contributed by atoms with van der Waals surface area (Å²) in [6, 6.07) is 0. The Morgan fingerprint density at radius 1 is 1.09 bits per heavy atom. The van der Waals surface area contributed by atoms with Crippen LogP contribution in [0, 0.1) is 28.6 Å². The highest BCUT2D eigenvalue weighted by atomic mass is 35.5. The maximum Gasteiger partial charge on any atom is 0.127 e. The van der Waals surface area contributed by atoms with E-state index in [1.165, 1.54) is 0 Å². The van der Waals surface area contributed by atoms with E-state index in [0.29, 0.717) is 12.8 Å². The molecule has 0 aliphatic heterocycles. The fraction of sp³-hybridized carbons (Fsp3) is 0.789. The summed E-state index contributed by atoms with van der Waals surface area (Å²) in [7, 11) is 0. The third-order valence-corrected chi connectivity index (χ3v) is 8.56. The van der Waals surface area contributed by atoms with E-state index in [1.807, 2.05) is 13.0 Å². The summed E-state index contributed by atoms with van der Waals surface area (Å²) in [5, 5.41) is 20.3. The summed E-state index contributed by atoms with van der Waals surface area (Å²) in [5.74, 6) is 0.362. The minimum Gasteiger partial charge on any atom is -0.390 e. The van der Waals surface area contributed by atoms with Crippen LogP contribution in [0.25, 0.3) is 0 Å². The summed E-state index contributed by atoms with van der Waals surface area (Å²) in [4.78, 5) is -0.461. The van der Waals surface area contributed by atoms with Crippen molar-refractivity contribution >= 4 is 11.6 Å². The summed E-state index contributed by atoms with van der Waals surface area (Å²) in [6.45, 7) is 4.21. The maximum absolute atomic E-state index is 14.3. The van der Waals surface area contributed by atoms with Crippen molar-refractivity contribution in [2.45, 2.75) is 62.8 Å². The summed E-state index contributed by atoms with van der Waals surface area (Å²) in [6.07, 6.45) is 8.49. The first-order chi connectivity index (χ1) is 10.7. The van der Waals surface area contributed by atoms with E-state index in [-0.39, 0.29) is 28.6 Å². The number of rotatable bonds is 0. The molecule has 4 heteroatoms. The largest absolute Gasteiger partial charge is 0.390 e. The lowest BCUT2D eigenvalue weighted by Crippen LogP contribution is -2.60. The molecule has 2 saturated carbocycles. The number of halogens is 2. The van der Waals surface area contributed by atoms with Crippen molar-refractivity contribution in [3.8, 4) is 0 Å². The van der Waals surface area contributed by atoms with Crippen LogP contribution in [-0.2, 0) is 0 Å². The lowest BCUT2D eigenvalue weighted by Gasteiger charge is -2.61. The minimum absolute atomic E-state index is 0.0689. The Hall–Kier alpha value is -0.380. The first-order valence-corrected chi connectivity index (χ1v) is 9.17. The molecule has 0 heterocycles. The second-order valence-corrected chi connectivity index (χ2v) is 9.31. The standard InChI is InChI=1S/C19H26ClFO2/c1-17-7-8-19(20)13(14(17)10-15(21)16(17)23)4-3-11-9-12(22)5-6-18(11,19)2/h3-6,11-16,22-23H,7-10H2,1-2H3/t11?,12?,13-,14-,15?,16?,17-,18-,19-/m0/s1. The van der Waals surface area contributed by atoms with E-state index in [1.54, 1.807) is 0 Å². The van der Waals surface area contributed by atoms with Crippen molar-refractivity contribution in [1.82, 2.24) is 0 Å². The molecule has 0 radical (unpaired) electrons. The molecule has 0 amide bonds. The maximum atomic E-state index is 14.3. The first-order valence-electron chi connectivity index (χ1n) is 8.79. The van der Waals surface area contributed by atoms with Gasteiger partial charge in [-0.1, -0.05) is 38.2 Å². The van der Waals surface area contributed by atoms with Crippen LogP contribution < -0.4 is 0 Å². The number of alkyl halides is 2. The van der Waals surface area contributed by atoms with Crippen LogP contribution in [0.5, 0.6) is 0 Å². The van der Waals surface area contributed by atoms with Gasteiger partial charge in [0.2, 0.25) is 0 Å². The number of hydrogen-bond acceptors (Lipinski definition) is 2. The topological polar surface area (TPSA) is 40.5 Å². The second kappa shape index (κ2) is 4.83. The number of aliphatic hydroxyl groups is 2. The van der Waals surface area contributed by atoms with Gasteiger partial charge in [0.15, 0.2) is 0 Å². The monoisotopic (exact) mass is 340 g/mol. The zero-order chi connectivity index (χ0) is 16.6. The molecule has 2 nitrogen and oxygen atoms in total. The Bertz CT molecular complexity index is 578. The van der Waals surface area contributed by atoms with Crippen molar-refractivity contribution < 1.29 is 14.6 Å². The third kappa shape index (κ3) is 1.88. The molecular formula is C19H26ClFO2. The summed E-state index contributed by atoms with van der Waals surface area (Å²) in [5.41, 5.74) is -0.609. The zero-order valence-electron chi connectivity index (χ0n) is 13.8. The average molecular weight is 341 g/mol. The fourth-order valence-electron chi connectivity index (χ4n) is 6.01. The van der Waals surface area contributed by atoms with Crippen LogP contribution in [0.4, 0.5) is 4.39 Å². The van der Waals surface area contributed by atoms with Gasteiger partial charge in [0.1, 0.15) is 6.17 Å². The highest BCUT2D eigenvalue weighted by Crippen LogP contribution is 2.67. The van der Waals surface area contributed by atoms with Crippen LogP contribution in [0.3, 0.4) is 0 Å². The van der Waals surface area contributed by atoms with Gasteiger partial charge in [-0.15, -0.1) is 11.6 Å². The van der Waals surface area contributed by atoms with Crippen molar-refractivity contribution in [3.05, 3.63) is 24.3 Å². The van der Waals surface area contributed by atoms with Crippen LogP contribution in [0.2, 0.25) is 0 Å². The highest BCUT2D eigenvalue weighted by molar-refractivity contribution is 6.25. The molecule has 23 heavy (non-hydrogen) atoms. The van der Waals surface area contributed by atoms with Gasteiger partial charge in [-0.2, -0.15) is 0 Å². The van der Waals surface area contributed by atoms with Crippen molar-refractivity contribution in [1.29, 1.82) is 0 Å². The number of allylic oxidation sites excluding steroid dienone is 3. The predicted molar refractivity (Wildman–Crippen MR) is 88.9 cm³/mol. The molecule has 0 aromatic rings. The second-order valence-electron chi connectivity index (χ2n) is 8.63. The first kappa shape index (κ1) is 16.1. The molecule has 9 atom stereocenters. The van der Waals surface area contributed by atoms with Crippen LogP contribution >= 0.6 is 11.6 Å². The molecule has 4 aliphatic carbocycles. The molecule has 2 N–H and O–H groups in total. The van der Waals surface area contributed by atoms with E-state index in [9.17, 15) is 14.6 Å². The van der Waals surface area contributed by atoms with Gasteiger partial charge in [0.25, 0.3) is 0 Å². The van der Waals surface area contributed by atoms with Crippen molar-refractivity contribution in [2.24, 2.45) is 28.6 Å². The van der Waals surface area contributed by atoms with E-state index in [4.69, 9.17) is 11.6 Å². The molecule has 2 fully saturated rings. The molecule has 4 aliphatic rings. The van der Waals surface area contributed by atoms with Gasteiger partial charge in [0, 0.05) is 11.3 Å². The van der Waals surface area contributed by atoms with E-state index in [2.05, 4.69) is 25.2 Å². The summed E-state index contributed by atoms with van der Waals surface area (Å²) >= 11 is 7.28. The molecule has 0 saturated heterocycles. The molecule has 128 valence electrons. The lowest BCUT2D eigenvalue weighted by molar-refractivity contribution is -0.0547. The minimum atomic E-state index is -1.15. The quantitative estimate of drug-likeness (QED) is 0.522. The third-order valence-electron chi connectivity index (χ3n) is 7.71. The smallest absolute Gasteiger partial charge is 0.127 e. The molecule has 0 spiro atoms. The van der Waals surface area contributed by atoms with E-state index in [0.717, 1.165) is 12.8 Å². The predicted octanol–water partition coefficient (Wildman–Crippen LogP) is 3.61. The molecule has 0 bridgehead atoms. The Labute approximate surface area is 142 Å². The Morgan fingerprint density at radius 2 is 1.83 bits per heavy atom. The van der Waals surface area contributed by atoms with Gasteiger partial charge in [-0.3, -0.25) is 0 Å². The van der Waals surface area contributed by atoms with Crippen molar-refractivity contribution in [2.75, 3.05) is 0 Å². The van der Waals surface area contributed by atoms with E-state index >= 15 is 0 Å².